The van der Waals surface area contributed by atoms with Crippen LogP contribution in [0.1, 0.15) is 10.5 Å². The number of ether oxygens (including phenoxy) is 3. The molecule has 25 heavy (non-hydrogen) atoms. The van der Waals surface area contributed by atoms with Crippen molar-refractivity contribution in [3.63, 3.8) is 0 Å². The first-order chi connectivity index (χ1) is 12.3. The van der Waals surface area contributed by atoms with Crippen LogP contribution in [0.5, 0.6) is 11.5 Å². The van der Waals surface area contributed by atoms with Crippen molar-refractivity contribution in [1.29, 1.82) is 0 Å². The number of aromatic nitrogens is 2. The highest BCUT2D eigenvalue weighted by Gasteiger charge is 2.20. The lowest BCUT2D eigenvalue weighted by atomic mass is 10.2. The largest absolute Gasteiger partial charge is 0.486 e. The molecule has 8 nitrogen and oxygen atoms in total. The molecule has 1 amide bonds. The van der Waals surface area contributed by atoms with Crippen molar-refractivity contribution in [2.75, 3.05) is 44.8 Å². The van der Waals surface area contributed by atoms with E-state index in [0.29, 0.717) is 56.8 Å². The summed E-state index contributed by atoms with van der Waals surface area (Å²) >= 11 is 0. The SMILES string of the molecule is O=C(c1cc(Nc2ccc3c(c2)OCCO3)ncn1)N1CCOCC1. The van der Waals surface area contributed by atoms with Gasteiger partial charge in [0, 0.05) is 30.9 Å². The zero-order chi connectivity index (χ0) is 17.1. The molecule has 4 rings (SSSR count). The van der Waals surface area contributed by atoms with Crippen LogP contribution < -0.4 is 14.8 Å². The molecule has 3 heterocycles. The van der Waals surface area contributed by atoms with Crippen LogP contribution in [-0.4, -0.2) is 60.3 Å². The molecule has 1 saturated heterocycles. The lowest BCUT2D eigenvalue weighted by Gasteiger charge is -2.26. The normalized spacial score (nSPS) is 16.4. The Hall–Kier alpha value is -2.87. The van der Waals surface area contributed by atoms with Gasteiger partial charge in [-0.3, -0.25) is 4.79 Å². The van der Waals surface area contributed by atoms with Gasteiger partial charge in [0.15, 0.2) is 11.5 Å². The Labute approximate surface area is 144 Å². The number of morpholine rings is 1. The van der Waals surface area contributed by atoms with Crippen molar-refractivity contribution >= 4 is 17.4 Å². The lowest BCUT2D eigenvalue weighted by molar-refractivity contribution is 0.0299. The molecular formula is C17H18N4O4. The summed E-state index contributed by atoms with van der Waals surface area (Å²) in [6.07, 6.45) is 1.38. The average Bonchev–Trinajstić information content (AvgIpc) is 2.68. The average molecular weight is 342 g/mol. The highest BCUT2D eigenvalue weighted by molar-refractivity contribution is 5.93. The Morgan fingerprint density at radius 3 is 2.64 bits per heavy atom. The third-order valence-corrected chi connectivity index (χ3v) is 4.00. The minimum absolute atomic E-state index is 0.115. The summed E-state index contributed by atoms with van der Waals surface area (Å²) in [5.74, 6) is 1.84. The van der Waals surface area contributed by atoms with E-state index in [1.165, 1.54) is 6.33 Å². The van der Waals surface area contributed by atoms with Gasteiger partial charge in [-0.25, -0.2) is 9.97 Å². The van der Waals surface area contributed by atoms with E-state index in [9.17, 15) is 4.79 Å². The number of hydrogen-bond donors (Lipinski definition) is 1. The zero-order valence-electron chi connectivity index (χ0n) is 13.6. The fraction of sp³-hybridized carbons (Fsp3) is 0.353. The molecule has 2 aliphatic rings. The molecule has 0 unspecified atom stereocenters. The van der Waals surface area contributed by atoms with Crippen molar-refractivity contribution in [3.8, 4) is 11.5 Å². The van der Waals surface area contributed by atoms with Crippen LogP contribution in [0.2, 0.25) is 0 Å². The lowest BCUT2D eigenvalue weighted by Crippen LogP contribution is -2.41. The van der Waals surface area contributed by atoms with Crippen molar-refractivity contribution < 1.29 is 19.0 Å². The Balaban J connectivity index is 1.50. The third-order valence-electron chi connectivity index (χ3n) is 4.00. The van der Waals surface area contributed by atoms with E-state index in [2.05, 4.69) is 15.3 Å². The van der Waals surface area contributed by atoms with Crippen molar-refractivity contribution in [1.82, 2.24) is 14.9 Å². The molecule has 0 spiro atoms. The molecule has 8 heteroatoms. The van der Waals surface area contributed by atoms with Crippen molar-refractivity contribution in [3.05, 3.63) is 36.3 Å². The number of nitrogens with zero attached hydrogens (tertiary/aromatic N) is 3. The highest BCUT2D eigenvalue weighted by atomic mass is 16.6. The molecule has 1 aromatic heterocycles. The number of fused-ring (bicyclic) bond motifs is 1. The maximum absolute atomic E-state index is 12.5. The number of benzene rings is 1. The van der Waals surface area contributed by atoms with Crippen LogP contribution in [0, 0.1) is 0 Å². The van der Waals surface area contributed by atoms with E-state index in [4.69, 9.17) is 14.2 Å². The molecule has 2 aliphatic heterocycles. The first kappa shape index (κ1) is 15.6. The monoisotopic (exact) mass is 342 g/mol. The van der Waals surface area contributed by atoms with Gasteiger partial charge in [0.1, 0.15) is 31.1 Å². The topological polar surface area (TPSA) is 85.8 Å². The molecule has 2 aromatic rings. The summed E-state index contributed by atoms with van der Waals surface area (Å²) in [4.78, 5) is 22.5. The highest BCUT2D eigenvalue weighted by Crippen LogP contribution is 2.33. The maximum atomic E-state index is 12.5. The van der Waals surface area contributed by atoms with Crippen molar-refractivity contribution in [2.24, 2.45) is 0 Å². The van der Waals surface area contributed by atoms with E-state index in [1.807, 2.05) is 18.2 Å². The molecule has 1 fully saturated rings. The molecular weight excluding hydrogens is 324 g/mol. The van der Waals surface area contributed by atoms with Gasteiger partial charge in [-0.2, -0.15) is 0 Å². The number of carbonyl (C=O) groups is 1. The molecule has 1 N–H and O–H groups in total. The quantitative estimate of drug-likeness (QED) is 0.904. The molecule has 1 aromatic carbocycles. The first-order valence-corrected chi connectivity index (χ1v) is 8.15. The van der Waals surface area contributed by atoms with Crippen LogP contribution in [0.3, 0.4) is 0 Å². The fourth-order valence-electron chi connectivity index (χ4n) is 2.74. The summed E-state index contributed by atoms with van der Waals surface area (Å²) in [5, 5.41) is 3.17. The van der Waals surface area contributed by atoms with Crippen LogP contribution in [0.15, 0.2) is 30.6 Å². The van der Waals surface area contributed by atoms with Crippen LogP contribution in [0.4, 0.5) is 11.5 Å². The molecule has 0 atom stereocenters. The smallest absolute Gasteiger partial charge is 0.272 e. The fourth-order valence-corrected chi connectivity index (χ4v) is 2.74. The standard InChI is InChI=1S/C17H18N4O4/c22-17(21-3-5-23-6-4-21)13-10-16(19-11-18-13)20-12-1-2-14-15(9-12)25-8-7-24-14/h1-2,9-11H,3-8H2,(H,18,19,20). The summed E-state index contributed by atoms with van der Waals surface area (Å²) in [6, 6.07) is 7.21. The number of hydrogen-bond acceptors (Lipinski definition) is 7. The second-order valence-corrected chi connectivity index (χ2v) is 5.68. The van der Waals surface area contributed by atoms with Crippen LogP contribution >= 0.6 is 0 Å². The van der Waals surface area contributed by atoms with E-state index >= 15 is 0 Å². The van der Waals surface area contributed by atoms with Gasteiger partial charge in [0.05, 0.1) is 13.2 Å². The Morgan fingerprint density at radius 2 is 1.80 bits per heavy atom. The van der Waals surface area contributed by atoms with E-state index in [-0.39, 0.29) is 5.91 Å². The number of rotatable bonds is 3. The van der Waals surface area contributed by atoms with Crippen molar-refractivity contribution in [2.45, 2.75) is 0 Å². The van der Waals surface area contributed by atoms with Crippen LogP contribution in [-0.2, 0) is 4.74 Å². The Morgan fingerprint density at radius 1 is 1.00 bits per heavy atom. The Bertz CT molecular complexity index is 777. The van der Waals surface area contributed by atoms with Gasteiger partial charge in [0.25, 0.3) is 5.91 Å². The molecule has 0 bridgehead atoms. The summed E-state index contributed by atoms with van der Waals surface area (Å²) < 4.78 is 16.4. The van der Waals surface area contributed by atoms with Gasteiger partial charge in [-0.05, 0) is 12.1 Å². The van der Waals surface area contributed by atoms with Crippen LogP contribution in [0.25, 0.3) is 0 Å². The zero-order valence-corrected chi connectivity index (χ0v) is 13.6. The van der Waals surface area contributed by atoms with Gasteiger partial charge >= 0.3 is 0 Å². The van der Waals surface area contributed by atoms with Gasteiger partial charge < -0.3 is 24.4 Å². The summed E-state index contributed by atoms with van der Waals surface area (Å²) in [5.41, 5.74) is 1.16. The second-order valence-electron chi connectivity index (χ2n) is 5.68. The molecule has 0 saturated carbocycles. The van der Waals surface area contributed by atoms with Gasteiger partial charge in [-0.15, -0.1) is 0 Å². The van der Waals surface area contributed by atoms with Gasteiger partial charge in [0.2, 0.25) is 0 Å². The Kier molecular flexibility index (Phi) is 4.34. The van der Waals surface area contributed by atoms with E-state index < -0.39 is 0 Å². The first-order valence-electron chi connectivity index (χ1n) is 8.15. The molecule has 0 radical (unpaired) electrons. The maximum Gasteiger partial charge on any atom is 0.272 e. The van der Waals surface area contributed by atoms with Gasteiger partial charge in [-0.1, -0.05) is 0 Å². The minimum Gasteiger partial charge on any atom is -0.486 e. The molecule has 130 valence electrons. The number of nitrogens with one attached hydrogen (secondary N) is 1. The predicted octanol–water partition coefficient (Wildman–Crippen LogP) is 1.46. The number of carbonyl (C=O) groups excluding carboxylic acids is 1. The predicted molar refractivity (Wildman–Crippen MR) is 89.5 cm³/mol. The minimum atomic E-state index is -0.115. The molecule has 0 aliphatic carbocycles. The van der Waals surface area contributed by atoms with E-state index in [0.717, 1.165) is 11.4 Å². The summed E-state index contributed by atoms with van der Waals surface area (Å²) in [6.45, 7) is 3.35. The van der Waals surface area contributed by atoms with E-state index in [1.54, 1.807) is 11.0 Å². The third kappa shape index (κ3) is 3.48. The summed E-state index contributed by atoms with van der Waals surface area (Å²) in [7, 11) is 0. The second kappa shape index (κ2) is 6.94. The number of anilines is 2. The number of amides is 1.